The lowest BCUT2D eigenvalue weighted by Gasteiger charge is -2.38. The third kappa shape index (κ3) is 1.71. The van der Waals surface area contributed by atoms with E-state index in [4.69, 9.17) is 9.84 Å². The Balaban J connectivity index is 1.89. The molecule has 2 aliphatic rings. The van der Waals surface area contributed by atoms with Gasteiger partial charge in [0.25, 0.3) is 0 Å². The van der Waals surface area contributed by atoms with Crippen LogP contribution < -0.4 is 4.74 Å². The van der Waals surface area contributed by atoms with E-state index >= 15 is 0 Å². The first-order valence-electron chi connectivity index (χ1n) is 5.84. The largest absolute Gasteiger partial charge is 0.478 e. The number of fused-ring (bicyclic) bond motifs is 1. The summed E-state index contributed by atoms with van der Waals surface area (Å²) in [4.78, 5) is 11.7. The second-order valence-corrected chi connectivity index (χ2v) is 6.27. The van der Waals surface area contributed by atoms with Crippen molar-refractivity contribution in [2.75, 3.05) is 0 Å². The fourth-order valence-corrected chi connectivity index (χ4v) is 3.73. The third-order valence-corrected chi connectivity index (χ3v) is 5.02. The van der Waals surface area contributed by atoms with E-state index in [1.54, 1.807) is 30.0 Å². The van der Waals surface area contributed by atoms with Gasteiger partial charge in [0.1, 0.15) is 5.75 Å². The summed E-state index contributed by atoms with van der Waals surface area (Å²) in [5.41, 5.74) is 0.331. The van der Waals surface area contributed by atoms with Gasteiger partial charge in [-0.15, -0.1) is 0 Å². The van der Waals surface area contributed by atoms with Gasteiger partial charge < -0.3 is 9.84 Å². The van der Waals surface area contributed by atoms with Gasteiger partial charge in [0.05, 0.1) is 10.5 Å². The number of rotatable bonds is 2. The summed E-state index contributed by atoms with van der Waals surface area (Å²) >= 11 is 1.67. The Bertz CT molecular complexity index is 482. The molecule has 3 nitrogen and oxygen atoms in total. The zero-order valence-corrected chi connectivity index (χ0v) is 10.4. The Kier molecular flexibility index (Phi) is 2.36. The summed E-state index contributed by atoms with van der Waals surface area (Å²) in [6.07, 6.45) is 3.70. The van der Waals surface area contributed by atoms with Crippen LogP contribution in [0.25, 0.3) is 0 Å². The molecule has 3 rings (SSSR count). The first-order chi connectivity index (χ1) is 8.08. The lowest BCUT2D eigenvalue weighted by molar-refractivity contribution is 0.0695. The molecule has 1 heterocycles. The smallest absolute Gasteiger partial charge is 0.335 e. The summed E-state index contributed by atoms with van der Waals surface area (Å²) in [5, 5.41) is 8.96. The van der Waals surface area contributed by atoms with Crippen molar-refractivity contribution in [3.8, 4) is 5.75 Å². The van der Waals surface area contributed by atoms with E-state index in [1.807, 2.05) is 0 Å². The van der Waals surface area contributed by atoms with Crippen molar-refractivity contribution >= 4 is 17.7 Å². The van der Waals surface area contributed by atoms with Gasteiger partial charge in [-0.3, -0.25) is 0 Å². The van der Waals surface area contributed by atoms with Crippen molar-refractivity contribution < 1.29 is 14.6 Å². The predicted octanol–water partition coefficient (Wildman–Crippen LogP) is 3.39. The van der Waals surface area contributed by atoms with Gasteiger partial charge in [-0.25, -0.2) is 4.79 Å². The lowest BCUT2D eigenvalue weighted by atomic mass is 9.81. The molecular weight excluding hydrogens is 236 g/mol. The van der Waals surface area contributed by atoms with Gasteiger partial charge in [-0.05, 0) is 38.0 Å². The topological polar surface area (TPSA) is 46.5 Å². The number of carboxylic acids is 1. The van der Waals surface area contributed by atoms with Gasteiger partial charge in [0.2, 0.25) is 0 Å². The highest BCUT2D eigenvalue weighted by Crippen LogP contribution is 2.55. The Morgan fingerprint density at radius 1 is 1.53 bits per heavy atom. The molecule has 1 aliphatic carbocycles. The molecule has 0 amide bonds. The maximum atomic E-state index is 10.9. The Hall–Kier alpha value is -1.16. The van der Waals surface area contributed by atoms with Crippen LogP contribution in [0, 0.1) is 5.92 Å². The highest BCUT2D eigenvalue weighted by molar-refractivity contribution is 8.00. The average molecular weight is 250 g/mol. The molecule has 0 saturated heterocycles. The van der Waals surface area contributed by atoms with Gasteiger partial charge in [-0.2, -0.15) is 0 Å². The minimum atomic E-state index is -0.884. The van der Waals surface area contributed by atoms with E-state index in [0.29, 0.717) is 11.5 Å². The van der Waals surface area contributed by atoms with Crippen LogP contribution in [0.5, 0.6) is 5.75 Å². The standard InChI is InChI=1S/C13H14O3S/c1-13(9-3-2-4-9)16-10-6-5-8(12(14)15)7-11(10)17-13/h5-7,9H,2-4H2,1H3,(H,14,15). The van der Waals surface area contributed by atoms with Gasteiger partial charge in [0, 0.05) is 5.92 Å². The molecule has 0 radical (unpaired) electrons. The van der Waals surface area contributed by atoms with Gasteiger partial charge in [-0.1, -0.05) is 18.2 Å². The number of hydrogen-bond acceptors (Lipinski definition) is 3. The second-order valence-electron chi connectivity index (χ2n) is 4.81. The molecule has 1 aromatic rings. The zero-order chi connectivity index (χ0) is 12.0. The lowest BCUT2D eigenvalue weighted by Crippen LogP contribution is -2.38. The summed E-state index contributed by atoms with van der Waals surface area (Å²) in [5.74, 6) is 0.535. The molecule has 1 aromatic carbocycles. The fraction of sp³-hybridized carbons (Fsp3) is 0.462. The number of benzene rings is 1. The van der Waals surface area contributed by atoms with Crippen LogP contribution in [0.2, 0.25) is 0 Å². The summed E-state index contributed by atoms with van der Waals surface area (Å²) in [6, 6.07) is 5.09. The maximum Gasteiger partial charge on any atom is 0.335 e. The van der Waals surface area contributed by atoms with Crippen LogP contribution >= 0.6 is 11.8 Å². The highest BCUT2D eigenvalue weighted by Gasteiger charge is 2.45. The Labute approximate surface area is 104 Å². The molecule has 1 saturated carbocycles. The Morgan fingerprint density at radius 3 is 2.88 bits per heavy atom. The molecule has 1 N–H and O–H groups in total. The van der Waals surface area contributed by atoms with Crippen LogP contribution in [0.3, 0.4) is 0 Å². The molecule has 1 aliphatic heterocycles. The maximum absolute atomic E-state index is 10.9. The van der Waals surface area contributed by atoms with E-state index < -0.39 is 5.97 Å². The van der Waals surface area contributed by atoms with Crippen LogP contribution in [0.15, 0.2) is 23.1 Å². The summed E-state index contributed by atoms with van der Waals surface area (Å²) in [7, 11) is 0. The normalized spacial score (nSPS) is 27.1. The molecule has 4 heteroatoms. The van der Waals surface area contributed by atoms with Crippen molar-refractivity contribution in [3.63, 3.8) is 0 Å². The van der Waals surface area contributed by atoms with Crippen LogP contribution in [-0.2, 0) is 0 Å². The van der Waals surface area contributed by atoms with E-state index in [-0.39, 0.29) is 4.93 Å². The highest BCUT2D eigenvalue weighted by atomic mass is 32.2. The first kappa shape index (κ1) is 11.0. The minimum absolute atomic E-state index is 0.197. The number of carbonyl (C=O) groups is 1. The predicted molar refractivity (Wildman–Crippen MR) is 65.6 cm³/mol. The molecule has 17 heavy (non-hydrogen) atoms. The molecule has 0 bridgehead atoms. The SMILES string of the molecule is CC1(C2CCC2)Oc2ccc(C(=O)O)cc2S1. The summed E-state index contributed by atoms with van der Waals surface area (Å²) in [6.45, 7) is 2.11. The van der Waals surface area contributed by atoms with E-state index in [2.05, 4.69) is 6.92 Å². The van der Waals surface area contributed by atoms with Crippen molar-refractivity contribution in [1.29, 1.82) is 0 Å². The van der Waals surface area contributed by atoms with Crippen LogP contribution in [0.4, 0.5) is 0 Å². The van der Waals surface area contributed by atoms with E-state index in [1.165, 1.54) is 19.3 Å². The van der Waals surface area contributed by atoms with Crippen molar-refractivity contribution in [2.45, 2.75) is 36.0 Å². The minimum Gasteiger partial charge on any atom is -0.478 e. The third-order valence-electron chi connectivity index (χ3n) is 3.66. The number of ether oxygens (including phenoxy) is 1. The molecule has 90 valence electrons. The van der Waals surface area contributed by atoms with Gasteiger partial charge >= 0.3 is 5.97 Å². The van der Waals surface area contributed by atoms with E-state index in [9.17, 15) is 4.79 Å². The van der Waals surface area contributed by atoms with Crippen molar-refractivity contribution in [3.05, 3.63) is 23.8 Å². The quantitative estimate of drug-likeness (QED) is 0.874. The van der Waals surface area contributed by atoms with Crippen LogP contribution in [-0.4, -0.2) is 16.0 Å². The van der Waals surface area contributed by atoms with Crippen molar-refractivity contribution in [1.82, 2.24) is 0 Å². The zero-order valence-electron chi connectivity index (χ0n) is 9.60. The first-order valence-corrected chi connectivity index (χ1v) is 6.65. The fourth-order valence-electron chi connectivity index (χ4n) is 2.36. The summed E-state index contributed by atoms with van der Waals surface area (Å²) < 4.78 is 6.00. The number of hydrogen-bond donors (Lipinski definition) is 1. The van der Waals surface area contributed by atoms with E-state index in [0.717, 1.165) is 10.6 Å². The average Bonchev–Trinajstić information content (AvgIpc) is 2.49. The van der Waals surface area contributed by atoms with Crippen molar-refractivity contribution in [2.24, 2.45) is 5.92 Å². The Morgan fingerprint density at radius 2 is 2.29 bits per heavy atom. The molecule has 1 unspecified atom stereocenters. The second kappa shape index (κ2) is 3.67. The number of thioether (sulfide) groups is 1. The monoisotopic (exact) mass is 250 g/mol. The molecular formula is C13H14O3S. The molecule has 1 fully saturated rings. The van der Waals surface area contributed by atoms with Crippen LogP contribution in [0.1, 0.15) is 36.5 Å². The molecule has 0 aromatic heterocycles. The molecule has 1 atom stereocenters. The number of carboxylic acid groups (broad SMARTS) is 1. The number of aromatic carboxylic acids is 1. The van der Waals surface area contributed by atoms with Gasteiger partial charge in [0.15, 0.2) is 4.93 Å². The molecule has 0 spiro atoms.